The van der Waals surface area contributed by atoms with Crippen molar-refractivity contribution < 1.29 is 4.79 Å². The Kier molecular flexibility index (Phi) is 4.19. The van der Waals surface area contributed by atoms with E-state index in [1.165, 1.54) is 4.88 Å². The van der Waals surface area contributed by atoms with Crippen molar-refractivity contribution in [2.45, 2.75) is 32.6 Å². The standard InChI is InChI=1S/C19H22N4O2S/c1-11-12(2)26-17(20-11)14-5-4-8-23(10-14)18(24)13-6-7-16-15(9-13)21-19(25)22(16)3/h6-7,9,14H,4-5,8,10H2,1-3H3,(H,21,25). The fourth-order valence-electron chi connectivity index (χ4n) is 3.59. The van der Waals surface area contributed by atoms with Gasteiger partial charge in [0.2, 0.25) is 0 Å². The lowest BCUT2D eigenvalue weighted by Crippen LogP contribution is -2.39. The first-order valence-electron chi connectivity index (χ1n) is 8.86. The third-order valence-electron chi connectivity index (χ3n) is 5.25. The molecule has 0 bridgehead atoms. The zero-order valence-corrected chi connectivity index (χ0v) is 16.0. The summed E-state index contributed by atoms with van der Waals surface area (Å²) in [4.78, 5) is 35.4. The number of likely N-dealkylation sites (tertiary alicyclic amines) is 1. The third kappa shape index (κ3) is 2.86. The number of benzene rings is 1. The zero-order chi connectivity index (χ0) is 18.4. The Morgan fingerprint density at radius 2 is 2.15 bits per heavy atom. The van der Waals surface area contributed by atoms with Gasteiger partial charge in [-0.1, -0.05) is 0 Å². The molecule has 6 nitrogen and oxygen atoms in total. The monoisotopic (exact) mass is 370 g/mol. The Morgan fingerprint density at radius 3 is 2.88 bits per heavy atom. The number of rotatable bonds is 2. The van der Waals surface area contributed by atoms with Crippen LogP contribution in [-0.2, 0) is 7.05 Å². The maximum atomic E-state index is 13.0. The predicted octanol–water partition coefficient (Wildman–Crippen LogP) is 2.96. The van der Waals surface area contributed by atoms with E-state index in [1.807, 2.05) is 17.9 Å². The van der Waals surface area contributed by atoms with Crippen molar-refractivity contribution in [1.29, 1.82) is 0 Å². The molecule has 7 heteroatoms. The number of H-pyrrole nitrogens is 1. The molecule has 0 saturated carbocycles. The second-order valence-corrected chi connectivity index (χ2v) is 8.24. The molecule has 1 fully saturated rings. The Morgan fingerprint density at radius 1 is 1.35 bits per heavy atom. The van der Waals surface area contributed by atoms with E-state index in [9.17, 15) is 9.59 Å². The Labute approximate surface area is 155 Å². The average molecular weight is 370 g/mol. The van der Waals surface area contributed by atoms with Crippen molar-refractivity contribution in [3.63, 3.8) is 0 Å². The van der Waals surface area contributed by atoms with Crippen LogP contribution in [0.15, 0.2) is 23.0 Å². The molecule has 1 saturated heterocycles. The number of aromatic nitrogens is 3. The van der Waals surface area contributed by atoms with E-state index in [0.29, 0.717) is 23.5 Å². The molecule has 0 aliphatic carbocycles. The maximum Gasteiger partial charge on any atom is 0.326 e. The van der Waals surface area contributed by atoms with E-state index in [-0.39, 0.29) is 11.6 Å². The van der Waals surface area contributed by atoms with Gasteiger partial charge in [-0.2, -0.15) is 0 Å². The number of aryl methyl sites for hydroxylation is 3. The smallest absolute Gasteiger partial charge is 0.326 e. The van der Waals surface area contributed by atoms with Gasteiger partial charge in [0.05, 0.1) is 21.7 Å². The quantitative estimate of drug-likeness (QED) is 0.754. The molecule has 1 aliphatic rings. The van der Waals surface area contributed by atoms with Gasteiger partial charge in [0.1, 0.15) is 0 Å². The van der Waals surface area contributed by atoms with Crippen LogP contribution < -0.4 is 5.69 Å². The number of hydrogen-bond acceptors (Lipinski definition) is 4. The first-order valence-corrected chi connectivity index (χ1v) is 9.67. The molecule has 1 unspecified atom stereocenters. The van der Waals surface area contributed by atoms with Crippen molar-refractivity contribution >= 4 is 28.3 Å². The number of carbonyl (C=O) groups excluding carboxylic acids is 1. The molecule has 1 aromatic carbocycles. The maximum absolute atomic E-state index is 13.0. The van der Waals surface area contributed by atoms with Crippen molar-refractivity contribution in [3.05, 3.63) is 49.8 Å². The van der Waals surface area contributed by atoms with E-state index in [0.717, 1.165) is 35.6 Å². The number of fused-ring (bicyclic) bond motifs is 1. The third-order valence-corrected chi connectivity index (χ3v) is 6.49. The molecule has 0 spiro atoms. The summed E-state index contributed by atoms with van der Waals surface area (Å²) in [6.45, 7) is 5.60. The topological polar surface area (TPSA) is 71.0 Å². The summed E-state index contributed by atoms with van der Waals surface area (Å²) in [5.41, 5.74) is 3.04. The fourth-order valence-corrected chi connectivity index (χ4v) is 4.64. The summed E-state index contributed by atoms with van der Waals surface area (Å²) in [5.74, 6) is 0.330. The van der Waals surface area contributed by atoms with Crippen molar-refractivity contribution in [2.24, 2.45) is 7.05 Å². The summed E-state index contributed by atoms with van der Waals surface area (Å²) < 4.78 is 1.55. The number of amides is 1. The lowest BCUT2D eigenvalue weighted by molar-refractivity contribution is 0.0707. The van der Waals surface area contributed by atoms with Crippen LogP contribution in [0.25, 0.3) is 11.0 Å². The molecule has 1 N–H and O–H groups in total. The highest BCUT2D eigenvalue weighted by atomic mass is 32.1. The molecular weight excluding hydrogens is 348 g/mol. The van der Waals surface area contributed by atoms with Crippen LogP contribution in [0.5, 0.6) is 0 Å². The second kappa shape index (κ2) is 6.39. The minimum atomic E-state index is -0.169. The lowest BCUT2D eigenvalue weighted by atomic mass is 9.98. The van der Waals surface area contributed by atoms with Gasteiger partial charge in [0.25, 0.3) is 5.91 Å². The van der Waals surface area contributed by atoms with Crippen LogP contribution in [0.1, 0.15) is 44.7 Å². The van der Waals surface area contributed by atoms with E-state index in [4.69, 9.17) is 4.98 Å². The van der Waals surface area contributed by atoms with Gasteiger partial charge in [0, 0.05) is 36.5 Å². The number of imidazole rings is 1. The van der Waals surface area contributed by atoms with E-state index in [1.54, 1.807) is 35.1 Å². The highest BCUT2D eigenvalue weighted by Gasteiger charge is 2.27. The van der Waals surface area contributed by atoms with Crippen LogP contribution in [0.3, 0.4) is 0 Å². The lowest BCUT2D eigenvalue weighted by Gasteiger charge is -2.32. The van der Waals surface area contributed by atoms with Crippen molar-refractivity contribution in [2.75, 3.05) is 13.1 Å². The number of piperidine rings is 1. The van der Waals surface area contributed by atoms with Crippen molar-refractivity contribution in [3.8, 4) is 0 Å². The summed E-state index contributed by atoms with van der Waals surface area (Å²) in [6.07, 6.45) is 2.06. The number of carbonyl (C=O) groups is 1. The molecule has 4 rings (SSSR count). The molecule has 26 heavy (non-hydrogen) atoms. The summed E-state index contributed by atoms with van der Waals surface area (Å²) in [7, 11) is 1.72. The highest BCUT2D eigenvalue weighted by Crippen LogP contribution is 2.32. The normalized spacial score (nSPS) is 17.8. The fraction of sp³-hybridized carbons (Fsp3) is 0.421. The van der Waals surface area contributed by atoms with Crippen LogP contribution >= 0.6 is 11.3 Å². The predicted molar refractivity (Wildman–Crippen MR) is 103 cm³/mol. The SMILES string of the molecule is Cc1nc(C2CCCN(C(=O)c3ccc4c(c3)[nH]c(=O)n4C)C2)sc1C. The first-order chi connectivity index (χ1) is 12.4. The number of aromatic amines is 1. The zero-order valence-electron chi connectivity index (χ0n) is 15.2. The molecule has 3 heterocycles. The Balaban J connectivity index is 1.58. The molecule has 1 amide bonds. The van der Waals surface area contributed by atoms with Gasteiger partial charge in [-0.15, -0.1) is 11.3 Å². The molecule has 0 radical (unpaired) electrons. The largest absolute Gasteiger partial charge is 0.338 e. The van der Waals surface area contributed by atoms with Gasteiger partial charge >= 0.3 is 5.69 Å². The number of hydrogen-bond donors (Lipinski definition) is 1. The van der Waals surface area contributed by atoms with Gasteiger partial charge in [-0.25, -0.2) is 9.78 Å². The molecule has 2 aromatic heterocycles. The molecule has 1 atom stereocenters. The Bertz CT molecular complexity index is 1030. The van der Waals surface area contributed by atoms with E-state index < -0.39 is 0 Å². The highest BCUT2D eigenvalue weighted by molar-refractivity contribution is 7.11. The van der Waals surface area contributed by atoms with Gasteiger partial charge < -0.3 is 9.88 Å². The summed E-state index contributed by atoms with van der Waals surface area (Å²) in [6, 6.07) is 5.41. The minimum Gasteiger partial charge on any atom is -0.338 e. The number of nitrogens with one attached hydrogen (secondary N) is 1. The van der Waals surface area contributed by atoms with Crippen LogP contribution in [0.2, 0.25) is 0 Å². The van der Waals surface area contributed by atoms with Crippen molar-refractivity contribution in [1.82, 2.24) is 19.4 Å². The van der Waals surface area contributed by atoms with Gasteiger partial charge in [-0.05, 0) is 44.9 Å². The van der Waals surface area contributed by atoms with Crippen LogP contribution in [0.4, 0.5) is 0 Å². The first kappa shape index (κ1) is 17.0. The Hall–Kier alpha value is -2.41. The molecule has 1 aliphatic heterocycles. The van der Waals surface area contributed by atoms with E-state index >= 15 is 0 Å². The molecule has 136 valence electrons. The molecule has 3 aromatic rings. The van der Waals surface area contributed by atoms with Gasteiger partial charge in [-0.3, -0.25) is 9.36 Å². The summed E-state index contributed by atoms with van der Waals surface area (Å²) >= 11 is 1.75. The number of thiazole rings is 1. The molecular formula is C19H22N4O2S. The second-order valence-electron chi connectivity index (χ2n) is 7.01. The minimum absolute atomic E-state index is 0.0197. The van der Waals surface area contributed by atoms with Gasteiger partial charge in [0.15, 0.2) is 0 Å². The van der Waals surface area contributed by atoms with Crippen LogP contribution in [0, 0.1) is 13.8 Å². The summed E-state index contributed by atoms with van der Waals surface area (Å²) in [5, 5.41) is 1.14. The van der Waals surface area contributed by atoms with Crippen LogP contribution in [-0.4, -0.2) is 38.4 Å². The average Bonchev–Trinajstić information content (AvgIpc) is 3.13. The number of nitrogens with zero attached hydrogens (tertiary/aromatic N) is 3. The van der Waals surface area contributed by atoms with E-state index in [2.05, 4.69) is 11.9 Å².